The lowest BCUT2D eigenvalue weighted by Gasteiger charge is -2.06. The number of nitrogens with one attached hydrogen (secondary N) is 2. The van der Waals surface area contributed by atoms with Crippen LogP contribution >= 0.6 is 0 Å². The van der Waals surface area contributed by atoms with Gasteiger partial charge >= 0.3 is 0 Å². The number of benzene rings is 2. The van der Waals surface area contributed by atoms with Crippen LogP contribution in [0.1, 0.15) is 12.5 Å². The molecular weight excluding hydrogens is 315 g/mol. The molecule has 2 aromatic carbocycles. The van der Waals surface area contributed by atoms with Crippen molar-refractivity contribution in [2.75, 3.05) is 11.9 Å². The van der Waals surface area contributed by atoms with Gasteiger partial charge in [-0.1, -0.05) is 12.1 Å². The standard InChI is InChI=1S/C16H15FN4O3/c1-11(12-3-2-4-15(9-12)21(23)24)19-20-16(22)10-18-14-7-5-13(17)6-8-14/h2-9,18H,10H2,1H3,(H,20,22)/b19-11-. The second-order valence-electron chi connectivity index (χ2n) is 4.90. The first kappa shape index (κ1) is 17.1. The summed E-state index contributed by atoms with van der Waals surface area (Å²) in [4.78, 5) is 22.0. The van der Waals surface area contributed by atoms with E-state index in [9.17, 15) is 19.3 Å². The molecule has 2 rings (SSSR count). The number of hydrogen-bond donors (Lipinski definition) is 2. The second kappa shape index (κ2) is 7.82. The van der Waals surface area contributed by atoms with Gasteiger partial charge in [0, 0.05) is 23.4 Å². The largest absolute Gasteiger partial charge is 0.376 e. The van der Waals surface area contributed by atoms with Crippen molar-refractivity contribution in [3.63, 3.8) is 0 Å². The van der Waals surface area contributed by atoms with Gasteiger partial charge < -0.3 is 5.32 Å². The van der Waals surface area contributed by atoms with Crippen LogP contribution in [0, 0.1) is 15.9 Å². The molecule has 2 aromatic rings. The highest BCUT2D eigenvalue weighted by molar-refractivity contribution is 5.99. The van der Waals surface area contributed by atoms with E-state index in [1.54, 1.807) is 19.1 Å². The molecule has 8 heteroatoms. The predicted octanol–water partition coefficient (Wildman–Crippen LogP) is 2.69. The zero-order valence-corrected chi connectivity index (χ0v) is 12.8. The first-order chi connectivity index (χ1) is 11.5. The quantitative estimate of drug-likeness (QED) is 0.483. The molecule has 124 valence electrons. The molecule has 0 unspecified atom stereocenters. The number of carbonyl (C=O) groups excluding carboxylic acids is 1. The number of nitrogens with zero attached hydrogens (tertiary/aromatic N) is 2. The van der Waals surface area contributed by atoms with Crippen LogP contribution in [0.5, 0.6) is 0 Å². The second-order valence-corrected chi connectivity index (χ2v) is 4.90. The topological polar surface area (TPSA) is 96.6 Å². The van der Waals surface area contributed by atoms with Crippen LogP contribution < -0.4 is 10.7 Å². The summed E-state index contributed by atoms with van der Waals surface area (Å²) in [5.41, 5.74) is 3.88. The summed E-state index contributed by atoms with van der Waals surface area (Å²) in [6.07, 6.45) is 0. The predicted molar refractivity (Wildman–Crippen MR) is 88.3 cm³/mol. The maximum absolute atomic E-state index is 12.8. The van der Waals surface area contributed by atoms with E-state index in [1.807, 2.05) is 0 Å². The molecular formula is C16H15FN4O3. The molecule has 0 heterocycles. The van der Waals surface area contributed by atoms with Crippen molar-refractivity contribution in [2.45, 2.75) is 6.92 Å². The summed E-state index contributed by atoms with van der Waals surface area (Å²) in [5, 5.41) is 17.5. The SMILES string of the molecule is C/C(=N/NC(=O)CNc1ccc(F)cc1)c1cccc([N+](=O)[O-])c1. The fourth-order valence-electron chi connectivity index (χ4n) is 1.84. The van der Waals surface area contributed by atoms with Crippen molar-refractivity contribution in [3.05, 3.63) is 70.0 Å². The van der Waals surface area contributed by atoms with Gasteiger partial charge in [0.1, 0.15) is 5.82 Å². The Morgan fingerprint density at radius 2 is 1.96 bits per heavy atom. The van der Waals surface area contributed by atoms with Crippen molar-refractivity contribution in [1.29, 1.82) is 0 Å². The van der Waals surface area contributed by atoms with Gasteiger partial charge in [-0.25, -0.2) is 9.82 Å². The Morgan fingerprint density at radius 1 is 1.25 bits per heavy atom. The summed E-state index contributed by atoms with van der Waals surface area (Å²) in [5.74, 6) is -0.758. The number of nitro benzene ring substituents is 1. The Hall–Kier alpha value is -3.29. The van der Waals surface area contributed by atoms with E-state index in [0.717, 1.165) is 0 Å². The van der Waals surface area contributed by atoms with E-state index in [0.29, 0.717) is 17.0 Å². The van der Waals surface area contributed by atoms with Gasteiger partial charge in [-0.15, -0.1) is 0 Å². The van der Waals surface area contributed by atoms with E-state index in [-0.39, 0.29) is 18.0 Å². The minimum absolute atomic E-state index is 0.0443. The summed E-state index contributed by atoms with van der Waals surface area (Å²) in [7, 11) is 0. The van der Waals surface area contributed by atoms with E-state index in [2.05, 4.69) is 15.8 Å². The molecule has 0 atom stereocenters. The van der Waals surface area contributed by atoms with E-state index >= 15 is 0 Å². The number of carbonyl (C=O) groups is 1. The van der Waals surface area contributed by atoms with Crippen LogP contribution in [0.25, 0.3) is 0 Å². The van der Waals surface area contributed by atoms with Gasteiger partial charge in [0.15, 0.2) is 0 Å². The van der Waals surface area contributed by atoms with Crippen LogP contribution in [0.3, 0.4) is 0 Å². The van der Waals surface area contributed by atoms with E-state index in [1.165, 1.54) is 36.4 Å². The van der Waals surface area contributed by atoms with Crippen molar-refractivity contribution < 1.29 is 14.1 Å². The van der Waals surface area contributed by atoms with Gasteiger partial charge in [0.2, 0.25) is 0 Å². The van der Waals surface area contributed by atoms with E-state index in [4.69, 9.17) is 0 Å². The Labute approximate surface area is 137 Å². The highest BCUT2D eigenvalue weighted by Gasteiger charge is 2.08. The molecule has 0 aliphatic heterocycles. The summed E-state index contributed by atoms with van der Waals surface area (Å²) in [6, 6.07) is 11.6. The number of rotatable bonds is 6. The first-order valence-corrected chi connectivity index (χ1v) is 7.03. The molecule has 2 N–H and O–H groups in total. The third kappa shape index (κ3) is 4.87. The van der Waals surface area contributed by atoms with Crippen LogP contribution in [0.4, 0.5) is 15.8 Å². The molecule has 0 radical (unpaired) electrons. The normalized spacial score (nSPS) is 11.0. The minimum atomic E-state index is -0.498. The third-order valence-corrected chi connectivity index (χ3v) is 3.12. The van der Waals surface area contributed by atoms with Gasteiger partial charge in [0.25, 0.3) is 11.6 Å². The van der Waals surface area contributed by atoms with Gasteiger partial charge in [0.05, 0.1) is 17.2 Å². The molecule has 0 bridgehead atoms. The number of hydrogen-bond acceptors (Lipinski definition) is 5. The number of hydrazone groups is 1. The maximum atomic E-state index is 12.8. The van der Waals surface area contributed by atoms with Crippen molar-refractivity contribution >= 4 is 23.0 Å². The summed E-state index contributed by atoms with van der Waals surface area (Å²) >= 11 is 0. The molecule has 0 saturated heterocycles. The molecule has 0 fully saturated rings. The molecule has 0 aliphatic carbocycles. The van der Waals surface area contributed by atoms with Gasteiger partial charge in [-0.3, -0.25) is 14.9 Å². The fourth-order valence-corrected chi connectivity index (χ4v) is 1.84. The number of amides is 1. The van der Waals surface area contributed by atoms with E-state index < -0.39 is 10.8 Å². The summed E-state index contributed by atoms with van der Waals surface area (Å²) < 4.78 is 12.8. The molecule has 0 saturated carbocycles. The van der Waals surface area contributed by atoms with Crippen LogP contribution in [0.15, 0.2) is 53.6 Å². The number of anilines is 1. The highest BCUT2D eigenvalue weighted by atomic mass is 19.1. The molecule has 7 nitrogen and oxygen atoms in total. The lowest BCUT2D eigenvalue weighted by Crippen LogP contribution is -2.26. The number of non-ortho nitro benzene ring substituents is 1. The van der Waals surface area contributed by atoms with Gasteiger partial charge in [-0.05, 0) is 31.2 Å². The zero-order valence-electron chi connectivity index (χ0n) is 12.8. The fraction of sp³-hybridized carbons (Fsp3) is 0.125. The highest BCUT2D eigenvalue weighted by Crippen LogP contribution is 2.13. The van der Waals surface area contributed by atoms with Crippen molar-refractivity contribution in [1.82, 2.24) is 5.43 Å². The Kier molecular flexibility index (Phi) is 5.56. The zero-order chi connectivity index (χ0) is 17.5. The monoisotopic (exact) mass is 330 g/mol. The van der Waals surface area contributed by atoms with Crippen molar-refractivity contribution in [3.8, 4) is 0 Å². The molecule has 0 spiro atoms. The summed E-state index contributed by atoms with van der Waals surface area (Å²) in [6.45, 7) is 1.59. The van der Waals surface area contributed by atoms with Crippen LogP contribution in [-0.2, 0) is 4.79 Å². The lowest BCUT2D eigenvalue weighted by molar-refractivity contribution is -0.384. The van der Waals surface area contributed by atoms with Crippen LogP contribution in [0.2, 0.25) is 0 Å². The molecule has 1 amide bonds. The third-order valence-electron chi connectivity index (χ3n) is 3.12. The van der Waals surface area contributed by atoms with Crippen LogP contribution in [-0.4, -0.2) is 23.1 Å². The molecule has 0 aromatic heterocycles. The Balaban J connectivity index is 1.91. The average Bonchev–Trinajstić information content (AvgIpc) is 2.59. The number of nitro groups is 1. The maximum Gasteiger partial charge on any atom is 0.270 e. The smallest absolute Gasteiger partial charge is 0.270 e. The number of halogens is 1. The minimum Gasteiger partial charge on any atom is -0.376 e. The molecule has 0 aliphatic rings. The van der Waals surface area contributed by atoms with Gasteiger partial charge in [-0.2, -0.15) is 5.10 Å². The average molecular weight is 330 g/mol. The molecule has 24 heavy (non-hydrogen) atoms. The first-order valence-electron chi connectivity index (χ1n) is 7.03. The van der Waals surface area contributed by atoms with Crippen molar-refractivity contribution in [2.24, 2.45) is 5.10 Å². The Bertz CT molecular complexity index is 775. The lowest BCUT2D eigenvalue weighted by atomic mass is 10.1. The Morgan fingerprint density at radius 3 is 2.62 bits per heavy atom.